The maximum absolute atomic E-state index is 13.0. The number of anilines is 1. The zero-order valence-electron chi connectivity index (χ0n) is 16.2. The molecule has 2 aromatic carbocycles. The highest BCUT2D eigenvalue weighted by Crippen LogP contribution is 2.18. The zero-order chi connectivity index (χ0) is 19.1. The third-order valence-corrected chi connectivity index (χ3v) is 4.76. The quantitative estimate of drug-likeness (QED) is 0.790. The maximum Gasteiger partial charge on any atom is 0.246 e. The minimum absolute atomic E-state index is 0.0341. The monoisotopic (exact) mass is 367 g/mol. The summed E-state index contributed by atoms with van der Waals surface area (Å²) in [6, 6.07) is 15.6. The molecule has 3 rings (SSSR count). The van der Waals surface area contributed by atoms with Crippen molar-refractivity contribution in [3.05, 3.63) is 65.2 Å². The van der Waals surface area contributed by atoms with Gasteiger partial charge < -0.3 is 15.4 Å². The zero-order valence-corrected chi connectivity index (χ0v) is 16.2. The second-order valence-electron chi connectivity index (χ2n) is 7.12. The molecule has 5 nitrogen and oxygen atoms in total. The molecule has 0 radical (unpaired) electrons. The van der Waals surface area contributed by atoms with Crippen LogP contribution in [-0.4, -0.2) is 50.2 Å². The van der Waals surface area contributed by atoms with Crippen molar-refractivity contribution >= 4 is 11.6 Å². The fraction of sp³-hybridized carbons (Fsp3) is 0.409. The Morgan fingerprint density at radius 3 is 2.41 bits per heavy atom. The predicted molar refractivity (Wildman–Crippen MR) is 109 cm³/mol. The van der Waals surface area contributed by atoms with E-state index >= 15 is 0 Å². The van der Waals surface area contributed by atoms with Gasteiger partial charge in [-0.1, -0.05) is 36.4 Å². The van der Waals surface area contributed by atoms with E-state index in [1.54, 1.807) is 0 Å². The lowest BCUT2D eigenvalue weighted by molar-refractivity contribution is -0.118. The van der Waals surface area contributed by atoms with Crippen LogP contribution in [0.25, 0.3) is 0 Å². The van der Waals surface area contributed by atoms with Gasteiger partial charge in [-0.15, -0.1) is 0 Å². The van der Waals surface area contributed by atoms with Gasteiger partial charge in [-0.05, 0) is 42.7 Å². The van der Waals surface area contributed by atoms with Crippen LogP contribution >= 0.6 is 0 Å². The van der Waals surface area contributed by atoms with Gasteiger partial charge in [-0.2, -0.15) is 0 Å². The van der Waals surface area contributed by atoms with Crippen molar-refractivity contribution in [3.63, 3.8) is 0 Å². The van der Waals surface area contributed by atoms with E-state index in [9.17, 15) is 4.79 Å². The summed E-state index contributed by atoms with van der Waals surface area (Å²) in [5, 5.41) is 6.51. The molecule has 0 spiro atoms. The summed E-state index contributed by atoms with van der Waals surface area (Å²) in [6.45, 7) is 9.21. The number of benzene rings is 2. The van der Waals surface area contributed by atoms with Crippen LogP contribution in [0.3, 0.4) is 0 Å². The highest BCUT2D eigenvalue weighted by Gasteiger charge is 2.21. The van der Waals surface area contributed by atoms with E-state index in [1.807, 2.05) is 56.3 Å². The SMILES string of the molecule is Cc1cc(C)cc(NC(=O)[C@@H](NCCN2CCOCC2)c2ccccc2)c1. The first kappa shape index (κ1) is 19.5. The van der Waals surface area contributed by atoms with E-state index in [0.29, 0.717) is 0 Å². The summed E-state index contributed by atoms with van der Waals surface area (Å²) in [4.78, 5) is 15.4. The molecule has 2 N–H and O–H groups in total. The predicted octanol–water partition coefficient (Wildman–Crippen LogP) is 2.91. The largest absolute Gasteiger partial charge is 0.379 e. The number of hydrogen-bond acceptors (Lipinski definition) is 4. The summed E-state index contributed by atoms with van der Waals surface area (Å²) < 4.78 is 5.39. The molecular weight excluding hydrogens is 338 g/mol. The Morgan fingerprint density at radius 1 is 1.07 bits per heavy atom. The van der Waals surface area contributed by atoms with Crippen LogP contribution < -0.4 is 10.6 Å². The molecule has 0 aromatic heterocycles. The molecule has 27 heavy (non-hydrogen) atoms. The number of carbonyl (C=O) groups is 1. The molecule has 1 amide bonds. The third kappa shape index (κ3) is 5.89. The van der Waals surface area contributed by atoms with E-state index < -0.39 is 0 Å². The average molecular weight is 367 g/mol. The van der Waals surface area contributed by atoms with Crippen LogP contribution in [0.1, 0.15) is 22.7 Å². The smallest absolute Gasteiger partial charge is 0.246 e. The van der Waals surface area contributed by atoms with Gasteiger partial charge in [-0.3, -0.25) is 9.69 Å². The van der Waals surface area contributed by atoms with Crippen molar-refractivity contribution in [1.29, 1.82) is 0 Å². The first-order chi connectivity index (χ1) is 13.1. The third-order valence-electron chi connectivity index (χ3n) is 4.76. The molecule has 1 atom stereocenters. The molecule has 0 unspecified atom stereocenters. The van der Waals surface area contributed by atoms with Crippen molar-refractivity contribution in [2.45, 2.75) is 19.9 Å². The average Bonchev–Trinajstić information content (AvgIpc) is 2.66. The molecule has 1 fully saturated rings. The van der Waals surface area contributed by atoms with Gasteiger partial charge in [0.05, 0.1) is 13.2 Å². The Kier molecular flexibility index (Phi) is 6.98. The Bertz CT molecular complexity index is 722. The van der Waals surface area contributed by atoms with Crippen LogP contribution in [0, 0.1) is 13.8 Å². The second-order valence-corrected chi connectivity index (χ2v) is 7.12. The first-order valence-electron chi connectivity index (χ1n) is 9.59. The van der Waals surface area contributed by atoms with E-state index in [-0.39, 0.29) is 11.9 Å². The first-order valence-corrected chi connectivity index (χ1v) is 9.59. The van der Waals surface area contributed by atoms with Crippen molar-refractivity contribution in [1.82, 2.24) is 10.2 Å². The Balaban J connectivity index is 1.66. The molecule has 1 aliphatic heterocycles. The minimum Gasteiger partial charge on any atom is -0.379 e. The Morgan fingerprint density at radius 2 is 1.74 bits per heavy atom. The minimum atomic E-state index is -0.381. The molecule has 1 aliphatic rings. The number of rotatable bonds is 7. The number of aryl methyl sites for hydroxylation is 2. The van der Waals surface area contributed by atoms with Crippen molar-refractivity contribution in [2.24, 2.45) is 0 Å². The van der Waals surface area contributed by atoms with E-state index in [0.717, 1.165) is 61.8 Å². The normalized spacial score (nSPS) is 16.1. The van der Waals surface area contributed by atoms with Crippen molar-refractivity contribution in [2.75, 3.05) is 44.7 Å². The topological polar surface area (TPSA) is 53.6 Å². The molecule has 144 valence electrons. The molecular formula is C22H29N3O2. The van der Waals surface area contributed by atoms with Gasteiger partial charge >= 0.3 is 0 Å². The summed E-state index contributed by atoms with van der Waals surface area (Å²) >= 11 is 0. The number of morpholine rings is 1. The van der Waals surface area contributed by atoms with Gasteiger partial charge in [0.15, 0.2) is 0 Å². The van der Waals surface area contributed by atoms with Crippen LogP contribution in [0.2, 0.25) is 0 Å². The number of nitrogens with zero attached hydrogens (tertiary/aromatic N) is 1. The highest BCUT2D eigenvalue weighted by atomic mass is 16.5. The number of hydrogen-bond donors (Lipinski definition) is 2. The molecule has 0 saturated carbocycles. The Hall–Kier alpha value is -2.21. The van der Waals surface area contributed by atoms with Crippen molar-refractivity contribution in [3.8, 4) is 0 Å². The fourth-order valence-electron chi connectivity index (χ4n) is 3.46. The van der Waals surface area contributed by atoms with Crippen LogP contribution in [0.5, 0.6) is 0 Å². The van der Waals surface area contributed by atoms with Crippen LogP contribution in [0.15, 0.2) is 48.5 Å². The lowest BCUT2D eigenvalue weighted by atomic mass is 10.1. The lowest BCUT2D eigenvalue weighted by Crippen LogP contribution is -2.42. The molecule has 5 heteroatoms. The lowest BCUT2D eigenvalue weighted by Gasteiger charge is -2.27. The van der Waals surface area contributed by atoms with Crippen LogP contribution in [0.4, 0.5) is 5.69 Å². The van der Waals surface area contributed by atoms with Gasteiger partial charge in [0.1, 0.15) is 6.04 Å². The molecule has 1 heterocycles. The highest BCUT2D eigenvalue weighted by molar-refractivity contribution is 5.95. The number of nitrogens with one attached hydrogen (secondary N) is 2. The van der Waals surface area contributed by atoms with E-state index in [4.69, 9.17) is 4.74 Å². The van der Waals surface area contributed by atoms with E-state index in [2.05, 4.69) is 21.6 Å². The summed E-state index contributed by atoms with van der Waals surface area (Å²) in [7, 11) is 0. The van der Waals surface area contributed by atoms with Gasteiger partial charge in [0.25, 0.3) is 0 Å². The molecule has 0 bridgehead atoms. The van der Waals surface area contributed by atoms with Gasteiger partial charge in [0.2, 0.25) is 5.91 Å². The fourth-order valence-corrected chi connectivity index (χ4v) is 3.46. The molecule has 1 saturated heterocycles. The number of amides is 1. The molecule has 0 aliphatic carbocycles. The van der Waals surface area contributed by atoms with Gasteiger partial charge in [0, 0.05) is 31.9 Å². The number of carbonyl (C=O) groups excluding carboxylic acids is 1. The standard InChI is InChI=1S/C22H29N3O2/c1-17-14-18(2)16-20(15-17)24-22(26)21(19-6-4-3-5-7-19)23-8-9-25-10-12-27-13-11-25/h3-7,14-16,21,23H,8-13H2,1-2H3,(H,24,26)/t21-/m0/s1. The summed E-state index contributed by atoms with van der Waals surface area (Å²) in [5.41, 5.74) is 4.10. The summed E-state index contributed by atoms with van der Waals surface area (Å²) in [6.07, 6.45) is 0. The van der Waals surface area contributed by atoms with Crippen LogP contribution in [-0.2, 0) is 9.53 Å². The van der Waals surface area contributed by atoms with Gasteiger partial charge in [-0.25, -0.2) is 0 Å². The van der Waals surface area contributed by atoms with Crippen molar-refractivity contribution < 1.29 is 9.53 Å². The Labute approximate surface area is 161 Å². The van der Waals surface area contributed by atoms with E-state index in [1.165, 1.54) is 0 Å². The summed E-state index contributed by atoms with van der Waals surface area (Å²) in [5.74, 6) is -0.0341. The second kappa shape index (κ2) is 9.65. The molecule has 2 aromatic rings. The maximum atomic E-state index is 13.0. The number of ether oxygens (including phenoxy) is 1.